The van der Waals surface area contributed by atoms with Gasteiger partial charge in [-0.2, -0.15) is 13.2 Å². The summed E-state index contributed by atoms with van der Waals surface area (Å²) in [5.41, 5.74) is 0. The van der Waals surface area contributed by atoms with Crippen molar-refractivity contribution in [3.63, 3.8) is 0 Å². The number of alkyl halides is 4. The fourth-order valence-corrected chi connectivity index (χ4v) is 0.591. The van der Waals surface area contributed by atoms with Gasteiger partial charge >= 0.3 is 6.18 Å². The standard InChI is InChI=1S/C5H8BrF3/c1-4(6)2-3-5(7,8)9/h4H,2-3H2,1H3. The quantitative estimate of drug-likeness (QED) is 0.607. The van der Waals surface area contributed by atoms with E-state index in [-0.39, 0.29) is 11.2 Å². The van der Waals surface area contributed by atoms with Crippen LogP contribution in [-0.2, 0) is 0 Å². The van der Waals surface area contributed by atoms with E-state index in [2.05, 4.69) is 15.9 Å². The summed E-state index contributed by atoms with van der Waals surface area (Å²) in [6, 6.07) is 0. The number of hydrogen-bond donors (Lipinski definition) is 0. The molecule has 0 spiro atoms. The third kappa shape index (κ3) is 8.27. The lowest BCUT2D eigenvalue weighted by Gasteiger charge is -2.05. The van der Waals surface area contributed by atoms with E-state index < -0.39 is 12.6 Å². The highest BCUT2D eigenvalue weighted by atomic mass is 79.9. The Bertz CT molecular complexity index is 76.8. The zero-order valence-electron chi connectivity index (χ0n) is 5.00. The molecule has 0 fully saturated rings. The second kappa shape index (κ2) is 3.44. The van der Waals surface area contributed by atoms with Crippen molar-refractivity contribution in [2.24, 2.45) is 0 Å². The van der Waals surface area contributed by atoms with Crippen molar-refractivity contribution < 1.29 is 13.2 Å². The lowest BCUT2D eigenvalue weighted by Crippen LogP contribution is -2.08. The Balaban J connectivity index is 3.28. The fraction of sp³-hybridized carbons (Fsp3) is 1.00. The molecule has 0 heterocycles. The molecule has 0 aromatic carbocycles. The summed E-state index contributed by atoms with van der Waals surface area (Å²) in [5.74, 6) is 0. The van der Waals surface area contributed by atoms with E-state index >= 15 is 0 Å². The number of rotatable bonds is 2. The average molecular weight is 205 g/mol. The van der Waals surface area contributed by atoms with Gasteiger partial charge in [0, 0.05) is 11.2 Å². The first-order valence-electron chi connectivity index (χ1n) is 2.62. The Morgan fingerprint density at radius 2 is 1.89 bits per heavy atom. The molecule has 0 aliphatic carbocycles. The van der Waals surface area contributed by atoms with Crippen LogP contribution in [0.15, 0.2) is 0 Å². The summed E-state index contributed by atoms with van der Waals surface area (Å²) in [6.45, 7) is 1.70. The second-order valence-electron chi connectivity index (χ2n) is 1.93. The summed E-state index contributed by atoms with van der Waals surface area (Å²) in [4.78, 5) is -0.0425. The van der Waals surface area contributed by atoms with E-state index in [1.54, 1.807) is 6.92 Å². The van der Waals surface area contributed by atoms with Crippen LogP contribution in [-0.4, -0.2) is 11.0 Å². The van der Waals surface area contributed by atoms with Gasteiger partial charge in [0.15, 0.2) is 0 Å². The van der Waals surface area contributed by atoms with Gasteiger partial charge in [-0.25, -0.2) is 0 Å². The first-order chi connectivity index (χ1) is 3.92. The van der Waals surface area contributed by atoms with Gasteiger partial charge in [0.25, 0.3) is 0 Å². The maximum atomic E-state index is 11.4. The summed E-state index contributed by atoms with van der Waals surface area (Å²) in [6.07, 6.45) is -4.54. The molecule has 1 unspecified atom stereocenters. The van der Waals surface area contributed by atoms with Crippen LogP contribution < -0.4 is 0 Å². The van der Waals surface area contributed by atoms with Crippen LogP contribution in [0.4, 0.5) is 13.2 Å². The predicted octanol–water partition coefficient (Wildman–Crippen LogP) is 3.11. The minimum Gasteiger partial charge on any atom is -0.171 e. The third-order valence-corrected chi connectivity index (χ3v) is 1.28. The van der Waals surface area contributed by atoms with E-state index in [4.69, 9.17) is 0 Å². The summed E-state index contributed by atoms with van der Waals surface area (Å²) >= 11 is 3.03. The monoisotopic (exact) mass is 204 g/mol. The summed E-state index contributed by atoms with van der Waals surface area (Å²) in [5, 5.41) is 0. The summed E-state index contributed by atoms with van der Waals surface area (Å²) in [7, 11) is 0. The highest BCUT2D eigenvalue weighted by Gasteiger charge is 2.26. The predicted molar refractivity (Wildman–Crippen MR) is 33.7 cm³/mol. The normalized spacial score (nSPS) is 15.7. The largest absolute Gasteiger partial charge is 0.389 e. The molecule has 0 N–H and O–H groups in total. The van der Waals surface area contributed by atoms with Crippen LogP contribution in [0.3, 0.4) is 0 Å². The van der Waals surface area contributed by atoms with E-state index in [0.717, 1.165) is 0 Å². The first-order valence-corrected chi connectivity index (χ1v) is 3.54. The van der Waals surface area contributed by atoms with E-state index in [1.165, 1.54) is 0 Å². The van der Waals surface area contributed by atoms with E-state index in [1.807, 2.05) is 0 Å². The SMILES string of the molecule is CC(Br)CCC(F)(F)F. The van der Waals surface area contributed by atoms with E-state index in [9.17, 15) is 13.2 Å². The molecule has 0 nitrogen and oxygen atoms in total. The van der Waals surface area contributed by atoms with Crippen LogP contribution in [0, 0.1) is 0 Å². The molecule has 0 saturated heterocycles. The third-order valence-electron chi connectivity index (χ3n) is 0.826. The molecule has 1 atom stereocenters. The van der Waals surface area contributed by atoms with Crippen LogP contribution in [0.2, 0.25) is 0 Å². The molecule has 0 rings (SSSR count). The molecule has 0 bridgehead atoms. The van der Waals surface area contributed by atoms with Gasteiger partial charge in [0.05, 0.1) is 0 Å². The van der Waals surface area contributed by atoms with Crippen molar-refractivity contribution in [1.82, 2.24) is 0 Å². The topological polar surface area (TPSA) is 0 Å². The molecule has 0 radical (unpaired) electrons. The lowest BCUT2D eigenvalue weighted by atomic mass is 10.2. The van der Waals surface area contributed by atoms with Crippen LogP contribution >= 0.6 is 15.9 Å². The molecule has 9 heavy (non-hydrogen) atoms. The molecular weight excluding hydrogens is 197 g/mol. The minimum absolute atomic E-state index is 0.0425. The average Bonchev–Trinajstić information content (AvgIpc) is 1.59. The second-order valence-corrected chi connectivity index (χ2v) is 3.50. The Labute approximate surface area is 60.6 Å². The maximum Gasteiger partial charge on any atom is 0.389 e. The minimum atomic E-state index is -4.00. The fourth-order valence-electron chi connectivity index (χ4n) is 0.363. The molecule has 0 aromatic rings. The van der Waals surface area contributed by atoms with Gasteiger partial charge in [-0.3, -0.25) is 0 Å². The Hall–Kier alpha value is 0.270. The highest BCUT2D eigenvalue weighted by molar-refractivity contribution is 9.09. The van der Waals surface area contributed by atoms with Crippen molar-refractivity contribution in [3.8, 4) is 0 Å². The van der Waals surface area contributed by atoms with Gasteiger partial charge < -0.3 is 0 Å². The first kappa shape index (κ1) is 9.27. The zero-order chi connectivity index (χ0) is 7.49. The van der Waals surface area contributed by atoms with Crippen LogP contribution in [0.25, 0.3) is 0 Å². The molecule has 0 aromatic heterocycles. The summed E-state index contributed by atoms with van der Waals surface area (Å²) < 4.78 is 34.2. The van der Waals surface area contributed by atoms with Crippen LogP contribution in [0.1, 0.15) is 19.8 Å². The number of hydrogen-bond acceptors (Lipinski definition) is 0. The molecule has 0 amide bonds. The maximum absolute atomic E-state index is 11.4. The van der Waals surface area contributed by atoms with Crippen molar-refractivity contribution in [3.05, 3.63) is 0 Å². The van der Waals surface area contributed by atoms with Crippen molar-refractivity contribution in [2.45, 2.75) is 30.8 Å². The van der Waals surface area contributed by atoms with Gasteiger partial charge in [-0.05, 0) is 6.42 Å². The Morgan fingerprint density at radius 3 is 2.00 bits per heavy atom. The number of halogens is 4. The highest BCUT2D eigenvalue weighted by Crippen LogP contribution is 2.23. The molecule has 56 valence electrons. The molecule has 0 aliphatic heterocycles. The van der Waals surface area contributed by atoms with E-state index in [0.29, 0.717) is 0 Å². The van der Waals surface area contributed by atoms with Gasteiger partial charge in [-0.15, -0.1) is 0 Å². The zero-order valence-corrected chi connectivity index (χ0v) is 6.59. The van der Waals surface area contributed by atoms with Crippen molar-refractivity contribution in [2.75, 3.05) is 0 Å². The van der Waals surface area contributed by atoms with Gasteiger partial charge in [-0.1, -0.05) is 22.9 Å². The molecule has 4 heteroatoms. The van der Waals surface area contributed by atoms with Crippen LogP contribution in [0.5, 0.6) is 0 Å². The van der Waals surface area contributed by atoms with Gasteiger partial charge in [0.1, 0.15) is 0 Å². The lowest BCUT2D eigenvalue weighted by molar-refractivity contribution is -0.135. The molecule has 0 saturated carbocycles. The van der Waals surface area contributed by atoms with Crippen molar-refractivity contribution >= 4 is 15.9 Å². The van der Waals surface area contributed by atoms with Crippen molar-refractivity contribution in [1.29, 1.82) is 0 Å². The molecular formula is C5H8BrF3. The van der Waals surface area contributed by atoms with Gasteiger partial charge in [0.2, 0.25) is 0 Å². The molecule has 0 aliphatic rings. The Kier molecular flexibility index (Phi) is 3.54. The smallest absolute Gasteiger partial charge is 0.171 e. The Morgan fingerprint density at radius 1 is 1.44 bits per heavy atom.